The Kier molecular flexibility index (Phi) is 3.79. The minimum atomic E-state index is -0.885. The van der Waals surface area contributed by atoms with E-state index in [0.717, 1.165) is 6.42 Å². The second-order valence-corrected chi connectivity index (χ2v) is 8.48. The van der Waals surface area contributed by atoms with E-state index < -0.39 is 27.8 Å². The third kappa shape index (κ3) is 2.22. The number of rotatable bonds is 3. The first kappa shape index (κ1) is 18.4. The molecule has 2 aromatic rings. The van der Waals surface area contributed by atoms with Crippen LogP contribution < -0.4 is 11.4 Å². The number of nitrogens with zero attached hydrogens (tertiary/aromatic N) is 1. The lowest BCUT2D eigenvalue weighted by atomic mass is 9.64. The topological polar surface area (TPSA) is 112 Å². The predicted molar refractivity (Wildman–Crippen MR) is 103 cm³/mol. The Labute approximate surface area is 161 Å². The molecular formula is C21H22N2O5. The van der Waals surface area contributed by atoms with Gasteiger partial charge >= 0.3 is 11.6 Å². The van der Waals surface area contributed by atoms with Gasteiger partial charge in [-0.25, -0.2) is 9.59 Å². The average Bonchev–Trinajstić information content (AvgIpc) is 2.96. The maximum atomic E-state index is 12.5. The summed E-state index contributed by atoms with van der Waals surface area (Å²) in [5.41, 5.74) is 4.23. The minimum absolute atomic E-state index is 0.222. The quantitative estimate of drug-likeness (QED) is 0.498. The summed E-state index contributed by atoms with van der Waals surface area (Å²) in [5.74, 6) is -1.24. The molecule has 2 aliphatic carbocycles. The van der Waals surface area contributed by atoms with Gasteiger partial charge in [-0.3, -0.25) is 4.79 Å². The lowest BCUT2D eigenvalue weighted by molar-refractivity contribution is -0.132. The van der Waals surface area contributed by atoms with Crippen LogP contribution in [0.1, 0.15) is 50.4 Å². The maximum Gasteiger partial charge on any atom is 0.373 e. The Hall–Kier alpha value is -2.96. The van der Waals surface area contributed by atoms with Crippen LogP contribution in [0.2, 0.25) is 0 Å². The standard InChI is InChI=1S/C21H22N2O5/c1-19(2)20(3)8-9-21(19,18(22)26)11-15(20)23-28-17(25)13-10-12-6-4-5-7-14(12)27-16(13)24/h4-7,10H,8-9,11H2,1-3H3,(H2,22,26). The van der Waals surface area contributed by atoms with E-state index in [-0.39, 0.29) is 11.5 Å². The molecule has 7 heteroatoms. The van der Waals surface area contributed by atoms with Gasteiger partial charge in [0.15, 0.2) is 0 Å². The largest absolute Gasteiger partial charge is 0.422 e. The molecule has 0 radical (unpaired) electrons. The number of amides is 1. The molecule has 2 atom stereocenters. The molecular weight excluding hydrogens is 360 g/mol. The van der Waals surface area contributed by atoms with Gasteiger partial charge in [0.25, 0.3) is 0 Å². The molecule has 2 saturated carbocycles. The van der Waals surface area contributed by atoms with E-state index in [1.807, 2.05) is 20.8 Å². The molecule has 28 heavy (non-hydrogen) atoms. The summed E-state index contributed by atoms with van der Waals surface area (Å²) in [6.45, 7) is 6.03. The van der Waals surface area contributed by atoms with E-state index in [1.165, 1.54) is 6.07 Å². The molecule has 1 aromatic carbocycles. The van der Waals surface area contributed by atoms with Gasteiger partial charge in [-0.1, -0.05) is 44.1 Å². The molecule has 7 nitrogen and oxygen atoms in total. The maximum absolute atomic E-state index is 12.5. The van der Waals surface area contributed by atoms with Crippen LogP contribution in [0.4, 0.5) is 0 Å². The molecule has 2 bridgehead atoms. The molecule has 2 fully saturated rings. The summed E-state index contributed by atoms with van der Waals surface area (Å²) in [6.07, 6.45) is 1.77. The van der Waals surface area contributed by atoms with Crippen LogP contribution in [0.25, 0.3) is 11.0 Å². The molecule has 2 N–H and O–H groups in total. The highest BCUT2D eigenvalue weighted by Gasteiger charge is 2.71. The molecule has 0 saturated heterocycles. The highest BCUT2D eigenvalue weighted by molar-refractivity contribution is 6.02. The molecule has 1 heterocycles. The van der Waals surface area contributed by atoms with E-state index in [2.05, 4.69) is 5.16 Å². The highest BCUT2D eigenvalue weighted by atomic mass is 16.7. The van der Waals surface area contributed by atoms with E-state index in [4.69, 9.17) is 15.0 Å². The van der Waals surface area contributed by atoms with Crippen molar-refractivity contribution in [3.05, 3.63) is 46.3 Å². The van der Waals surface area contributed by atoms with Crippen molar-refractivity contribution in [3.8, 4) is 0 Å². The van der Waals surface area contributed by atoms with Crippen molar-refractivity contribution in [2.75, 3.05) is 0 Å². The first-order valence-corrected chi connectivity index (χ1v) is 9.24. The number of benzene rings is 1. The molecule has 146 valence electrons. The summed E-state index contributed by atoms with van der Waals surface area (Å²) in [7, 11) is 0. The number of hydrogen-bond acceptors (Lipinski definition) is 6. The zero-order valence-electron chi connectivity index (χ0n) is 16.1. The van der Waals surface area contributed by atoms with Gasteiger partial charge in [0.1, 0.15) is 11.1 Å². The van der Waals surface area contributed by atoms with Crippen molar-refractivity contribution < 1.29 is 18.8 Å². The zero-order chi connectivity index (χ0) is 20.3. The van der Waals surface area contributed by atoms with Gasteiger partial charge in [0, 0.05) is 17.2 Å². The fourth-order valence-corrected chi connectivity index (χ4v) is 4.91. The number of carbonyl (C=O) groups excluding carboxylic acids is 2. The minimum Gasteiger partial charge on any atom is -0.422 e. The molecule has 1 aromatic heterocycles. The normalized spacial score (nSPS) is 29.3. The van der Waals surface area contributed by atoms with Crippen molar-refractivity contribution in [1.82, 2.24) is 0 Å². The zero-order valence-corrected chi connectivity index (χ0v) is 16.1. The molecule has 2 aliphatic rings. The first-order valence-electron chi connectivity index (χ1n) is 9.24. The van der Waals surface area contributed by atoms with Crippen LogP contribution >= 0.6 is 0 Å². The van der Waals surface area contributed by atoms with Crippen molar-refractivity contribution in [2.24, 2.45) is 27.1 Å². The van der Waals surface area contributed by atoms with Gasteiger partial charge in [-0.2, -0.15) is 0 Å². The smallest absolute Gasteiger partial charge is 0.373 e. The predicted octanol–water partition coefficient (Wildman–Crippen LogP) is 3.01. The van der Waals surface area contributed by atoms with Crippen molar-refractivity contribution in [1.29, 1.82) is 0 Å². The summed E-state index contributed by atoms with van der Waals surface area (Å²) < 4.78 is 5.17. The van der Waals surface area contributed by atoms with Crippen LogP contribution in [0.5, 0.6) is 0 Å². The Morgan fingerprint density at radius 2 is 1.89 bits per heavy atom. The van der Waals surface area contributed by atoms with Gasteiger partial charge in [-0.15, -0.1) is 0 Å². The lowest BCUT2D eigenvalue weighted by Gasteiger charge is -2.38. The fraction of sp³-hybridized carbons (Fsp3) is 0.429. The van der Waals surface area contributed by atoms with E-state index in [0.29, 0.717) is 29.5 Å². The molecule has 2 unspecified atom stereocenters. The summed E-state index contributed by atoms with van der Waals surface area (Å²) in [5, 5.41) is 4.69. The third-order valence-corrected chi connectivity index (χ3v) is 7.31. The van der Waals surface area contributed by atoms with Gasteiger partial charge in [0.2, 0.25) is 5.91 Å². The Morgan fingerprint density at radius 1 is 1.18 bits per heavy atom. The Bertz CT molecular complexity index is 1100. The van der Waals surface area contributed by atoms with Crippen molar-refractivity contribution in [3.63, 3.8) is 0 Å². The number of primary amides is 1. The first-order chi connectivity index (χ1) is 13.1. The molecule has 1 amide bonds. The number of carbonyl (C=O) groups is 2. The van der Waals surface area contributed by atoms with Gasteiger partial charge in [0.05, 0.1) is 11.1 Å². The molecule has 0 spiro atoms. The van der Waals surface area contributed by atoms with E-state index in [9.17, 15) is 14.4 Å². The number of fused-ring (bicyclic) bond motifs is 3. The number of para-hydroxylation sites is 1. The molecule has 0 aliphatic heterocycles. The van der Waals surface area contributed by atoms with Crippen LogP contribution in [0, 0.1) is 16.2 Å². The van der Waals surface area contributed by atoms with Crippen LogP contribution in [0.3, 0.4) is 0 Å². The third-order valence-electron chi connectivity index (χ3n) is 7.31. The summed E-state index contributed by atoms with van der Waals surface area (Å²) in [6, 6.07) is 8.33. The van der Waals surface area contributed by atoms with Crippen LogP contribution in [0.15, 0.2) is 44.7 Å². The van der Waals surface area contributed by atoms with Crippen LogP contribution in [-0.4, -0.2) is 17.6 Å². The number of hydrogen-bond donors (Lipinski definition) is 1. The average molecular weight is 382 g/mol. The van der Waals surface area contributed by atoms with Crippen molar-refractivity contribution in [2.45, 2.75) is 40.0 Å². The number of oxime groups is 1. The monoisotopic (exact) mass is 382 g/mol. The summed E-state index contributed by atoms with van der Waals surface area (Å²) in [4.78, 5) is 41.9. The fourth-order valence-electron chi connectivity index (χ4n) is 4.91. The second-order valence-electron chi connectivity index (χ2n) is 8.48. The van der Waals surface area contributed by atoms with Crippen LogP contribution in [-0.2, 0) is 9.63 Å². The lowest BCUT2D eigenvalue weighted by Crippen LogP contribution is -2.44. The molecule has 4 rings (SSSR count). The van der Waals surface area contributed by atoms with Crippen molar-refractivity contribution >= 4 is 28.6 Å². The van der Waals surface area contributed by atoms with E-state index in [1.54, 1.807) is 24.3 Å². The van der Waals surface area contributed by atoms with E-state index >= 15 is 0 Å². The Balaban J connectivity index is 1.65. The summed E-state index contributed by atoms with van der Waals surface area (Å²) >= 11 is 0. The van der Waals surface area contributed by atoms with Gasteiger partial charge < -0.3 is 15.0 Å². The van der Waals surface area contributed by atoms with Gasteiger partial charge in [-0.05, 0) is 30.4 Å². The highest BCUT2D eigenvalue weighted by Crippen LogP contribution is 2.70. The second kappa shape index (κ2) is 5.77. The number of nitrogens with two attached hydrogens (primary N) is 1. The Morgan fingerprint density at radius 3 is 2.57 bits per heavy atom. The SMILES string of the molecule is CC12CCC(C(N)=O)(CC1=NOC(=O)c1cc3ccccc3oc1=O)C2(C)C.